The van der Waals surface area contributed by atoms with Gasteiger partial charge < -0.3 is 15.2 Å². The average molecular weight is 417 g/mol. The van der Waals surface area contributed by atoms with Gasteiger partial charge in [-0.15, -0.1) is 0 Å². The van der Waals surface area contributed by atoms with Crippen LogP contribution in [0.25, 0.3) is 11.3 Å². The predicted molar refractivity (Wildman–Crippen MR) is 100.0 cm³/mol. The summed E-state index contributed by atoms with van der Waals surface area (Å²) in [4.78, 5) is 11.5. The van der Waals surface area contributed by atoms with Gasteiger partial charge in [-0.3, -0.25) is 4.79 Å². The van der Waals surface area contributed by atoms with Gasteiger partial charge in [-0.2, -0.15) is 15.4 Å². The fourth-order valence-electron chi connectivity index (χ4n) is 2.39. The zero-order valence-corrected chi connectivity index (χ0v) is 15.6. The number of hydrogen-bond acceptors (Lipinski definition) is 5. The first-order valence-electron chi connectivity index (χ1n) is 7.93. The number of amides is 1. The number of nitrogens with one attached hydrogen (secondary N) is 1. The number of carbonyl (C=O) groups excluding carboxylic acids is 1. The molecule has 134 valence electrons. The molecule has 26 heavy (non-hydrogen) atoms. The van der Waals surface area contributed by atoms with Crippen LogP contribution in [0.15, 0.2) is 46.9 Å². The summed E-state index contributed by atoms with van der Waals surface area (Å²) in [6.45, 7) is 2.76. The van der Waals surface area contributed by atoms with Crippen LogP contribution in [0.5, 0.6) is 11.5 Å². The molecule has 0 bridgehead atoms. The Kier molecular flexibility index (Phi) is 5.52. The Balaban J connectivity index is 1.85. The van der Waals surface area contributed by atoms with E-state index < -0.39 is 5.91 Å². The van der Waals surface area contributed by atoms with Crippen LogP contribution in [0.3, 0.4) is 0 Å². The molecule has 0 aliphatic carbocycles. The van der Waals surface area contributed by atoms with Gasteiger partial charge >= 0.3 is 0 Å². The van der Waals surface area contributed by atoms with E-state index in [1.807, 2.05) is 31.2 Å². The van der Waals surface area contributed by atoms with Gasteiger partial charge in [0.25, 0.3) is 5.91 Å². The van der Waals surface area contributed by atoms with Crippen molar-refractivity contribution < 1.29 is 14.3 Å². The first-order chi connectivity index (χ1) is 12.6. The highest BCUT2D eigenvalue weighted by Crippen LogP contribution is 2.33. The summed E-state index contributed by atoms with van der Waals surface area (Å²) in [6, 6.07) is 13.2. The molecule has 1 amide bonds. The molecule has 3 aromatic rings. The van der Waals surface area contributed by atoms with Crippen LogP contribution < -0.4 is 15.2 Å². The van der Waals surface area contributed by atoms with E-state index in [1.54, 1.807) is 18.2 Å². The SMILES string of the molecule is CCOc1cc(-c2n[nH]nc2C(N)=O)ccc1OCc1ccc(Br)cc1. The number of aromatic nitrogens is 3. The Bertz CT molecular complexity index is 909. The summed E-state index contributed by atoms with van der Waals surface area (Å²) in [7, 11) is 0. The first kappa shape index (κ1) is 17.9. The van der Waals surface area contributed by atoms with Crippen molar-refractivity contribution in [1.29, 1.82) is 0 Å². The number of primary amides is 1. The van der Waals surface area contributed by atoms with Gasteiger partial charge in [-0.1, -0.05) is 28.1 Å². The number of rotatable bonds is 7. The van der Waals surface area contributed by atoms with Gasteiger partial charge in [0, 0.05) is 10.0 Å². The lowest BCUT2D eigenvalue weighted by Crippen LogP contribution is -2.12. The summed E-state index contributed by atoms with van der Waals surface area (Å²) in [5.74, 6) is 0.505. The normalized spacial score (nSPS) is 10.5. The minimum Gasteiger partial charge on any atom is -0.490 e. The molecule has 0 saturated heterocycles. The van der Waals surface area contributed by atoms with Crippen molar-refractivity contribution in [3.8, 4) is 22.8 Å². The highest BCUT2D eigenvalue weighted by Gasteiger charge is 2.17. The minimum atomic E-state index is -0.651. The molecule has 0 saturated carbocycles. The summed E-state index contributed by atoms with van der Waals surface area (Å²) in [6.07, 6.45) is 0. The van der Waals surface area contributed by atoms with Crippen molar-refractivity contribution in [2.45, 2.75) is 13.5 Å². The summed E-state index contributed by atoms with van der Waals surface area (Å²) < 4.78 is 12.6. The fourth-order valence-corrected chi connectivity index (χ4v) is 2.65. The Hall–Kier alpha value is -2.87. The van der Waals surface area contributed by atoms with Gasteiger partial charge in [-0.25, -0.2) is 0 Å². The second-order valence-electron chi connectivity index (χ2n) is 5.39. The summed E-state index contributed by atoms with van der Waals surface area (Å²) >= 11 is 3.41. The van der Waals surface area contributed by atoms with Gasteiger partial charge in [0.05, 0.1) is 6.61 Å². The van der Waals surface area contributed by atoms with E-state index in [-0.39, 0.29) is 5.69 Å². The van der Waals surface area contributed by atoms with E-state index in [4.69, 9.17) is 15.2 Å². The number of hydrogen-bond donors (Lipinski definition) is 2. The molecule has 0 aliphatic heterocycles. The monoisotopic (exact) mass is 416 g/mol. The average Bonchev–Trinajstić information content (AvgIpc) is 3.12. The minimum absolute atomic E-state index is 0.0796. The highest BCUT2D eigenvalue weighted by atomic mass is 79.9. The van der Waals surface area contributed by atoms with Crippen LogP contribution in [-0.2, 0) is 6.61 Å². The van der Waals surface area contributed by atoms with Crippen molar-refractivity contribution in [2.24, 2.45) is 5.73 Å². The maximum Gasteiger partial charge on any atom is 0.271 e. The second-order valence-corrected chi connectivity index (χ2v) is 6.31. The third-order valence-electron chi connectivity index (χ3n) is 3.61. The van der Waals surface area contributed by atoms with Crippen LogP contribution in [0.1, 0.15) is 23.0 Å². The molecule has 0 aliphatic rings. The number of ether oxygens (including phenoxy) is 2. The van der Waals surface area contributed by atoms with Crippen LogP contribution in [0.4, 0.5) is 0 Å². The number of nitrogens with two attached hydrogens (primary N) is 1. The molecule has 0 unspecified atom stereocenters. The lowest BCUT2D eigenvalue weighted by Gasteiger charge is -2.13. The zero-order chi connectivity index (χ0) is 18.5. The van der Waals surface area contributed by atoms with Gasteiger partial charge in [-0.05, 0) is 42.8 Å². The summed E-state index contributed by atoms with van der Waals surface area (Å²) in [5, 5.41) is 10.2. The molecule has 3 N–H and O–H groups in total. The van der Waals surface area contributed by atoms with E-state index in [0.717, 1.165) is 10.0 Å². The quantitative estimate of drug-likeness (QED) is 0.614. The second kappa shape index (κ2) is 8.01. The van der Waals surface area contributed by atoms with Crippen LogP contribution in [0.2, 0.25) is 0 Å². The van der Waals surface area contributed by atoms with Crippen molar-refractivity contribution in [3.05, 3.63) is 58.2 Å². The van der Waals surface area contributed by atoms with Crippen molar-refractivity contribution >= 4 is 21.8 Å². The molecular formula is C18H17BrN4O3. The van der Waals surface area contributed by atoms with Gasteiger partial charge in [0.15, 0.2) is 17.2 Å². The van der Waals surface area contributed by atoms with Crippen LogP contribution in [-0.4, -0.2) is 27.9 Å². The Morgan fingerprint density at radius 2 is 1.88 bits per heavy atom. The van der Waals surface area contributed by atoms with E-state index in [2.05, 4.69) is 31.3 Å². The van der Waals surface area contributed by atoms with E-state index in [1.165, 1.54) is 0 Å². The number of halogens is 1. The number of H-pyrrole nitrogens is 1. The Morgan fingerprint density at radius 3 is 2.58 bits per heavy atom. The molecule has 1 heterocycles. The van der Waals surface area contributed by atoms with Crippen molar-refractivity contribution in [1.82, 2.24) is 15.4 Å². The Labute approximate surface area is 158 Å². The largest absolute Gasteiger partial charge is 0.490 e. The fraction of sp³-hybridized carbons (Fsp3) is 0.167. The van der Waals surface area contributed by atoms with Gasteiger partial charge in [0.1, 0.15) is 12.3 Å². The number of carbonyl (C=O) groups is 1. The van der Waals surface area contributed by atoms with E-state index in [0.29, 0.717) is 36.0 Å². The molecule has 0 atom stereocenters. The number of aromatic amines is 1. The highest BCUT2D eigenvalue weighted by molar-refractivity contribution is 9.10. The van der Waals surface area contributed by atoms with Crippen LogP contribution in [0, 0.1) is 0 Å². The van der Waals surface area contributed by atoms with E-state index in [9.17, 15) is 4.79 Å². The zero-order valence-electron chi connectivity index (χ0n) is 14.0. The Morgan fingerprint density at radius 1 is 1.12 bits per heavy atom. The van der Waals surface area contributed by atoms with E-state index >= 15 is 0 Å². The topological polar surface area (TPSA) is 103 Å². The van der Waals surface area contributed by atoms with Crippen molar-refractivity contribution in [2.75, 3.05) is 6.61 Å². The molecule has 0 spiro atoms. The third kappa shape index (κ3) is 4.02. The molecule has 0 radical (unpaired) electrons. The molecule has 0 fully saturated rings. The molecule has 3 rings (SSSR count). The third-order valence-corrected chi connectivity index (χ3v) is 4.13. The van der Waals surface area contributed by atoms with Crippen molar-refractivity contribution in [3.63, 3.8) is 0 Å². The van der Waals surface area contributed by atoms with Crippen LogP contribution >= 0.6 is 15.9 Å². The van der Waals surface area contributed by atoms with Gasteiger partial charge in [0.2, 0.25) is 0 Å². The number of benzene rings is 2. The lowest BCUT2D eigenvalue weighted by molar-refractivity contribution is 0.0996. The molecule has 7 nitrogen and oxygen atoms in total. The molecular weight excluding hydrogens is 400 g/mol. The molecule has 2 aromatic carbocycles. The lowest BCUT2D eigenvalue weighted by atomic mass is 10.1. The predicted octanol–water partition coefficient (Wildman–Crippen LogP) is 3.31. The molecule has 8 heteroatoms. The first-order valence-corrected chi connectivity index (χ1v) is 8.72. The maximum absolute atomic E-state index is 11.5. The molecule has 1 aromatic heterocycles. The maximum atomic E-state index is 11.5. The number of nitrogens with zero attached hydrogens (tertiary/aromatic N) is 2. The standard InChI is InChI=1S/C18H17BrN4O3/c1-2-25-15-9-12(16-17(18(20)24)22-23-21-16)5-8-14(15)26-10-11-3-6-13(19)7-4-11/h3-9H,2,10H2,1H3,(H2,20,24)(H,21,22,23). The summed E-state index contributed by atoms with van der Waals surface area (Å²) in [5.41, 5.74) is 7.47. The smallest absolute Gasteiger partial charge is 0.271 e.